The van der Waals surface area contributed by atoms with Crippen molar-refractivity contribution in [2.75, 3.05) is 5.32 Å². The van der Waals surface area contributed by atoms with E-state index in [1.165, 1.54) is 11.3 Å². The molecule has 1 heterocycles. The number of carbonyl (C=O) groups is 2. The van der Waals surface area contributed by atoms with Crippen LogP contribution in [0.3, 0.4) is 0 Å². The Morgan fingerprint density at radius 1 is 1.13 bits per heavy atom. The van der Waals surface area contributed by atoms with Gasteiger partial charge in [0.15, 0.2) is 0 Å². The monoisotopic (exact) mass is 328 g/mol. The summed E-state index contributed by atoms with van der Waals surface area (Å²) in [6.07, 6.45) is 1.76. The van der Waals surface area contributed by atoms with Crippen LogP contribution in [-0.4, -0.2) is 17.9 Å². The zero-order valence-electron chi connectivity index (χ0n) is 13.3. The van der Waals surface area contributed by atoms with Gasteiger partial charge >= 0.3 is 0 Å². The Balaban J connectivity index is 1.70. The number of hydrogen-bond acceptors (Lipinski definition) is 3. The van der Waals surface area contributed by atoms with Crippen molar-refractivity contribution in [1.82, 2.24) is 5.32 Å². The summed E-state index contributed by atoms with van der Waals surface area (Å²) >= 11 is 1.41. The van der Waals surface area contributed by atoms with Crippen molar-refractivity contribution in [3.8, 4) is 0 Å². The Kier molecular flexibility index (Phi) is 4.22. The lowest BCUT2D eigenvalue weighted by Gasteiger charge is -2.18. The number of thiophene rings is 1. The van der Waals surface area contributed by atoms with Gasteiger partial charge in [0.1, 0.15) is 0 Å². The maximum Gasteiger partial charge on any atom is 0.265 e. The molecule has 2 N–H and O–H groups in total. The molecule has 5 heteroatoms. The first-order valence-electron chi connectivity index (χ1n) is 7.78. The molecule has 1 aromatic heterocycles. The molecule has 0 unspecified atom stereocenters. The van der Waals surface area contributed by atoms with Gasteiger partial charge < -0.3 is 10.6 Å². The van der Waals surface area contributed by atoms with E-state index >= 15 is 0 Å². The molecule has 1 aliphatic carbocycles. The van der Waals surface area contributed by atoms with E-state index in [1.54, 1.807) is 6.07 Å². The van der Waals surface area contributed by atoms with E-state index in [4.69, 9.17) is 0 Å². The topological polar surface area (TPSA) is 58.2 Å². The van der Waals surface area contributed by atoms with Crippen LogP contribution in [0.25, 0.3) is 0 Å². The van der Waals surface area contributed by atoms with E-state index in [0.29, 0.717) is 4.88 Å². The third-order valence-electron chi connectivity index (χ3n) is 4.04. The second kappa shape index (κ2) is 6.16. The van der Waals surface area contributed by atoms with Gasteiger partial charge in [-0.05, 0) is 55.8 Å². The maximum atomic E-state index is 12.4. The first-order valence-corrected chi connectivity index (χ1v) is 8.65. The van der Waals surface area contributed by atoms with Crippen LogP contribution in [-0.2, 0) is 10.2 Å². The largest absolute Gasteiger partial charge is 0.353 e. The van der Waals surface area contributed by atoms with Crippen molar-refractivity contribution in [2.45, 2.75) is 38.1 Å². The molecule has 1 aromatic carbocycles. The van der Waals surface area contributed by atoms with Crippen molar-refractivity contribution in [1.29, 1.82) is 0 Å². The Labute approximate surface area is 139 Å². The second-order valence-corrected chi connectivity index (χ2v) is 7.17. The fourth-order valence-corrected chi connectivity index (χ4v) is 3.26. The van der Waals surface area contributed by atoms with Gasteiger partial charge in [0.2, 0.25) is 5.91 Å². The fourth-order valence-electron chi connectivity index (χ4n) is 2.65. The van der Waals surface area contributed by atoms with E-state index in [0.717, 1.165) is 24.1 Å². The molecular formula is C18H20N2O2S. The van der Waals surface area contributed by atoms with Crippen LogP contribution in [0, 0.1) is 0 Å². The van der Waals surface area contributed by atoms with Crippen molar-refractivity contribution >= 4 is 28.8 Å². The molecule has 0 bridgehead atoms. The van der Waals surface area contributed by atoms with Crippen LogP contribution >= 0.6 is 11.3 Å². The lowest BCUT2D eigenvalue weighted by Crippen LogP contribution is -2.38. The minimum absolute atomic E-state index is 0.0999. The van der Waals surface area contributed by atoms with Gasteiger partial charge in [-0.3, -0.25) is 9.59 Å². The minimum Gasteiger partial charge on any atom is -0.353 e. The normalized spacial score (nSPS) is 15.3. The molecule has 4 nitrogen and oxygen atoms in total. The van der Waals surface area contributed by atoms with Crippen molar-refractivity contribution in [3.63, 3.8) is 0 Å². The molecule has 1 aliphatic rings. The highest BCUT2D eigenvalue weighted by Gasteiger charge is 2.51. The predicted molar refractivity (Wildman–Crippen MR) is 92.9 cm³/mol. The second-order valence-electron chi connectivity index (χ2n) is 6.22. The SMILES string of the molecule is CC(C)NC(=O)C1(c2ccc(NC(=O)c3cccs3)cc2)CC1. The summed E-state index contributed by atoms with van der Waals surface area (Å²) in [6, 6.07) is 11.4. The van der Waals surface area contributed by atoms with E-state index in [-0.39, 0.29) is 23.3 Å². The smallest absolute Gasteiger partial charge is 0.265 e. The number of hydrogen-bond donors (Lipinski definition) is 2. The summed E-state index contributed by atoms with van der Waals surface area (Å²) in [6.45, 7) is 3.94. The summed E-state index contributed by atoms with van der Waals surface area (Å²) in [5.74, 6) is -0.00527. The Morgan fingerprint density at radius 2 is 1.83 bits per heavy atom. The molecule has 0 aliphatic heterocycles. The molecule has 3 rings (SSSR count). The molecular weight excluding hydrogens is 308 g/mol. The zero-order chi connectivity index (χ0) is 16.4. The van der Waals surface area contributed by atoms with Crippen LogP contribution in [0.2, 0.25) is 0 Å². The van der Waals surface area contributed by atoms with Gasteiger partial charge in [0.05, 0.1) is 10.3 Å². The quantitative estimate of drug-likeness (QED) is 0.882. The van der Waals surface area contributed by atoms with Gasteiger partial charge in [-0.25, -0.2) is 0 Å². The highest BCUT2D eigenvalue weighted by atomic mass is 32.1. The van der Waals surface area contributed by atoms with Gasteiger partial charge in [0.25, 0.3) is 5.91 Å². The molecule has 23 heavy (non-hydrogen) atoms. The molecule has 0 radical (unpaired) electrons. The Bertz CT molecular complexity index is 701. The van der Waals surface area contributed by atoms with Crippen LogP contribution in [0.4, 0.5) is 5.69 Å². The summed E-state index contributed by atoms with van der Waals surface area (Å²) in [4.78, 5) is 25.1. The Hall–Kier alpha value is -2.14. The van der Waals surface area contributed by atoms with Crippen molar-refractivity contribution < 1.29 is 9.59 Å². The maximum absolute atomic E-state index is 12.4. The van der Waals surface area contributed by atoms with Gasteiger partial charge in [0, 0.05) is 11.7 Å². The summed E-state index contributed by atoms with van der Waals surface area (Å²) in [5, 5.41) is 7.76. The third kappa shape index (κ3) is 3.29. The number of benzene rings is 1. The third-order valence-corrected chi connectivity index (χ3v) is 4.91. The molecule has 120 valence electrons. The molecule has 1 saturated carbocycles. The zero-order valence-corrected chi connectivity index (χ0v) is 14.1. The first-order chi connectivity index (χ1) is 11.0. The molecule has 1 fully saturated rings. The van der Waals surface area contributed by atoms with E-state index in [9.17, 15) is 9.59 Å². The fraction of sp³-hybridized carbons (Fsp3) is 0.333. The van der Waals surface area contributed by atoms with E-state index in [1.807, 2.05) is 49.6 Å². The number of anilines is 1. The van der Waals surface area contributed by atoms with Gasteiger partial charge in [-0.1, -0.05) is 18.2 Å². The lowest BCUT2D eigenvalue weighted by molar-refractivity contribution is -0.124. The van der Waals surface area contributed by atoms with Crippen molar-refractivity contribution in [2.24, 2.45) is 0 Å². The molecule has 0 atom stereocenters. The average molecular weight is 328 g/mol. The summed E-state index contributed by atoms with van der Waals surface area (Å²) < 4.78 is 0. The van der Waals surface area contributed by atoms with Crippen LogP contribution < -0.4 is 10.6 Å². The standard InChI is InChI=1S/C18H20N2O2S/c1-12(2)19-17(22)18(9-10-18)13-5-7-14(8-6-13)20-16(21)15-4-3-11-23-15/h3-8,11-12H,9-10H2,1-2H3,(H,19,22)(H,20,21). The van der Waals surface area contributed by atoms with Crippen LogP contribution in [0.5, 0.6) is 0 Å². The van der Waals surface area contributed by atoms with Crippen LogP contribution in [0.1, 0.15) is 41.9 Å². The van der Waals surface area contributed by atoms with Crippen LogP contribution in [0.15, 0.2) is 41.8 Å². The first kappa shape index (κ1) is 15.7. The summed E-state index contributed by atoms with van der Waals surface area (Å²) in [5.41, 5.74) is 1.39. The number of nitrogens with one attached hydrogen (secondary N) is 2. The van der Waals surface area contributed by atoms with E-state index in [2.05, 4.69) is 10.6 Å². The molecule has 2 amide bonds. The molecule has 0 spiro atoms. The number of carbonyl (C=O) groups excluding carboxylic acids is 2. The highest BCUT2D eigenvalue weighted by Crippen LogP contribution is 2.48. The Morgan fingerprint density at radius 3 is 2.35 bits per heavy atom. The highest BCUT2D eigenvalue weighted by molar-refractivity contribution is 7.12. The van der Waals surface area contributed by atoms with Gasteiger partial charge in [-0.2, -0.15) is 0 Å². The average Bonchev–Trinajstić information content (AvgIpc) is 3.14. The predicted octanol–water partition coefficient (Wildman–Crippen LogP) is 3.56. The minimum atomic E-state index is -0.374. The van der Waals surface area contributed by atoms with Crippen molar-refractivity contribution in [3.05, 3.63) is 52.2 Å². The molecule has 2 aromatic rings. The van der Waals surface area contributed by atoms with Gasteiger partial charge in [-0.15, -0.1) is 11.3 Å². The number of rotatable bonds is 5. The molecule has 0 saturated heterocycles. The summed E-state index contributed by atoms with van der Waals surface area (Å²) in [7, 11) is 0. The van der Waals surface area contributed by atoms with E-state index < -0.39 is 0 Å². The number of amides is 2. The lowest BCUT2D eigenvalue weighted by atomic mass is 9.94.